The first-order valence-corrected chi connectivity index (χ1v) is 6.58. The highest BCUT2D eigenvalue weighted by Crippen LogP contribution is 2.20. The van der Waals surface area contributed by atoms with E-state index in [1.54, 1.807) is 0 Å². The van der Waals surface area contributed by atoms with E-state index in [-0.39, 0.29) is 6.61 Å². The average Bonchev–Trinajstić information content (AvgIpc) is 2.44. The van der Waals surface area contributed by atoms with Crippen molar-refractivity contribution in [1.82, 2.24) is 0 Å². The Labute approximate surface area is 120 Å². The van der Waals surface area contributed by atoms with E-state index in [1.807, 2.05) is 31.2 Å². The molecule has 2 rings (SSSR count). The Kier molecular flexibility index (Phi) is 4.81. The van der Waals surface area contributed by atoms with E-state index in [4.69, 9.17) is 9.84 Å². The molecule has 2 heteroatoms. The highest BCUT2D eigenvalue weighted by molar-refractivity contribution is 5.43. The summed E-state index contributed by atoms with van der Waals surface area (Å²) < 4.78 is 5.84. The molecule has 0 radical (unpaired) electrons. The third kappa shape index (κ3) is 3.88. The van der Waals surface area contributed by atoms with Crippen LogP contribution in [-0.2, 0) is 6.61 Å². The van der Waals surface area contributed by atoms with Crippen LogP contribution in [0.4, 0.5) is 0 Å². The molecule has 0 amide bonds. The molecule has 0 bridgehead atoms. The van der Waals surface area contributed by atoms with Crippen LogP contribution in [0, 0.1) is 25.7 Å². The summed E-state index contributed by atoms with van der Waals surface area (Å²) >= 11 is 0. The molecule has 2 aromatic carbocycles. The van der Waals surface area contributed by atoms with Crippen molar-refractivity contribution in [2.24, 2.45) is 0 Å². The molecule has 2 aromatic rings. The Morgan fingerprint density at radius 1 is 1.10 bits per heavy atom. The van der Waals surface area contributed by atoms with Crippen LogP contribution in [0.25, 0.3) is 0 Å². The molecule has 0 aromatic heterocycles. The zero-order valence-electron chi connectivity index (χ0n) is 11.8. The van der Waals surface area contributed by atoms with Gasteiger partial charge in [0.15, 0.2) is 0 Å². The normalized spacial score (nSPS) is 9.75. The lowest BCUT2D eigenvalue weighted by molar-refractivity contribution is 0.304. The van der Waals surface area contributed by atoms with Crippen LogP contribution in [0.15, 0.2) is 42.5 Å². The van der Waals surface area contributed by atoms with Gasteiger partial charge in [-0.05, 0) is 43.2 Å². The quantitative estimate of drug-likeness (QED) is 0.864. The van der Waals surface area contributed by atoms with Crippen LogP contribution in [0.3, 0.4) is 0 Å². The summed E-state index contributed by atoms with van der Waals surface area (Å²) in [6.07, 6.45) is 0. The molecule has 0 aliphatic rings. The largest absolute Gasteiger partial charge is 0.489 e. The summed E-state index contributed by atoms with van der Waals surface area (Å²) in [6, 6.07) is 14.1. The van der Waals surface area contributed by atoms with E-state index in [2.05, 4.69) is 37.0 Å². The van der Waals surface area contributed by atoms with Crippen molar-refractivity contribution in [3.63, 3.8) is 0 Å². The number of benzene rings is 2. The molecule has 0 aliphatic heterocycles. The van der Waals surface area contributed by atoms with Crippen LogP contribution < -0.4 is 4.74 Å². The van der Waals surface area contributed by atoms with Gasteiger partial charge in [0, 0.05) is 5.56 Å². The van der Waals surface area contributed by atoms with E-state index in [0.717, 1.165) is 22.4 Å². The minimum absolute atomic E-state index is 0.120. The zero-order valence-corrected chi connectivity index (χ0v) is 11.8. The monoisotopic (exact) mass is 266 g/mol. The van der Waals surface area contributed by atoms with Gasteiger partial charge >= 0.3 is 0 Å². The van der Waals surface area contributed by atoms with Crippen molar-refractivity contribution in [2.45, 2.75) is 20.5 Å². The Morgan fingerprint density at radius 3 is 2.65 bits per heavy atom. The molecule has 0 saturated heterocycles. The maximum Gasteiger partial charge on any atom is 0.122 e. The number of rotatable bonds is 3. The fourth-order valence-corrected chi connectivity index (χ4v) is 1.99. The van der Waals surface area contributed by atoms with Crippen molar-refractivity contribution in [3.8, 4) is 17.6 Å². The van der Waals surface area contributed by atoms with Crippen LogP contribution in [-0.4, -0.2) is 11.7 Å². The van der Waals surface area contributed by atoms with Gasteiger partial charge in [0.2, 0.25) is 0 Å². The van der Waals surface area contributed by atoms with Gasteiger partial charge in [0.25, 0.3) is 0 Å². The molecule has 0 heterocycles. The summed E-state index contributed by atoms with van der Waals surface area (Å²) in [5.74, 6) is 6.39. The Morgan fingerprint density at radius 2 is 1.95 bits per heavy atom. The Balaban J connectivity index is 2.06. The standard InChI is InChI=1S/C18H18O2/c1-14-5-3-6-17(11-14)13-20-18-9-8-16(7-4-10-19)12-15(18)2/h3,5-6,8-9,11-12,19H,10,13H2,1-2H3. The number of aryl methyl sites for hydroxylation is 2. The van der Waals surface area contributed by atoms with Gasteiger partial charge in [-0.3, -0.25) is 0 Å². The third-order valence-electron chi connectivity index (χ3n) is 2.96. The molecule has 0 saturated carbocycles. The zero-order chi connectivity index (χ0) is 14.4. The molecule has 0 aliphatic carbocycles. The Hall–Kier alpha value is -2.24. The van der Waals surface area contributed by atoms with Gasteiger partial charge in [-0.2, -0.15) is 0 Å². The van der Waals surface area contributed by atoms with Crippen molar-refractivity contribution >= 4 is 0 Å². The predicted octanol–water partition coefficient (Wildman–Crippen LogP) is 3.23. The molecule has 0 atom stereocenters. The van der Waals surface area contributed by atoms with Gasteiger partial charge in [-0.1, -0.05) is 41.7 Å². The fraction of sp³-hybridized carbons (Fsp3) is 0.222. The van der Waals surface area contributed by atoms with Gasteiger partial charge in [0.1, 0.15) is 19.0 Å². The van der Waals surface area contributed by atoms with Crippen molar-refractivity contribution in [3.05, 3.63) is 64.7 Å². The van der Waals surface area contributed by atoms with Crippen molar-refractivity contribution in [1.29, 1.82) is 0 Å². The van der Waals surface area contributed by atoms with E-state index in [9.17, 15) is 0 Å². The SMILES string of the molecule is Cc1cccc(COc2ccc(C#CCO)cc2C)c1. The van der Waals surface area contributed by atoms with Crippen LogP contribution in [0.1, 0.15) is 22.3 Å². The molecule has 1 N–H and O–H groups in total. The highest BCUT2D eigenvalue weighted by atomic mass is 16.5. The van der Waals surface area contributed by atoms with E-state index >= 15 is 0 Å². The number of hydrogen-bond donors (Lipinski definition) is 1. The molecular weight excluding hydrogens is 248 g/mol. The molecule has 0 fully saturated rings. The first kappa shape index (κ1) is 14.2. The molecule has 2 nitrogen and oxygen atoms in total. The van der Waals surface area contributed by atoms with Crippen LogP contribution in [0.5, 0.6) is 5.75 Å². The van der Waals surface area contributed by atoms with E-state index in [0.29, 0.717) is 6.61 Å². The molecule has 0 unspecified atom stereocenters. The predicted molar refractivity (Wildman–Crippen MR) is 80.7 cm³/mol. The second kappa shape index (κ2) is 6.79. The maximum absolute atomic E-state index is 8.69. The summed E-state index contributed by atoms with van der Waals surface area (Å²) in [6.45, 7) is 4.51. The van der Waals surface area contributed by atoms with Gasteiger partial charge in [-0.25, -0.2) is 0 Å². The first-order chi connectivity index (χ1) is 9.69. The fourth-order valence-electron chi connectivity index (χ4n) is 1.99. The van der Waals surface area contributed by atoms with Crippen LogP contribution in [0.2, 0.25) is 0 Å². The maximum atomic E-state index is 8.69. The third-order valence-corrected chi connectivity index (χ3v) is 2.96. The number of hydrogen-bond acceptors (Lipinski definition) is 2. The first-order valence-electron chi connectivity index (χ1n) is 6.58. The molecule has 20 heavy (non-hydrogen) atoms. The minimum Gasteiger partial charge on any atom is -0.489 e. The average molecular weight is 266 g/mol. The highest BCUT2D eigenvalue weighted by Gasteiger charge is 2.01. The molecule has 0 spiro atoms. The lowest BCUT2D eigenvalue weighted by Crippen LogP contribution is -1.97. The second-order valence-electron chi connectivity index (χ2n) is 4.72. The van der Waals surface area contributed by atoms with E-state index < -0.39 is 0 Å². The number of aliphatic hydroxyl groups is 1. The number of ether oxygens (including phenoxy) is 1. The van der Waals surface area contributed by atoms with Gasteiger partial charge in [-0.15, -0.1) is 0 Å². The summed E-state index contributed by atoms with van der Waals surface area (Å²) in [4.78, 5) is 0. The molecular formula is C18H18O2. The summed E-state index contributed by atoms with van der Waals surface area (Å²) in [5, 5.41) is 8.69. The Bertz CT molecular complexity index is 648. The van der Waals surface area contributed by atoms with E-state index in [1.165, 1.54) is 5.56 Å². The second-order valence-corrected chi connectivity index (χ2v) is 4.72. The topological polar surface area (TPSA) is 29.5 Å². The van der Waals surface area contributed by atoms with Crippen molar-refractivity contribution < 1.29 is 9.84 Å². The van der Waals surface area contributed by atoms with Crippen molar-refractivity contribution in [2.75, 3.05) is 6.61 Å². The molecule has 102 valence electrons. The lowest BCUT2D eigenvalue weighted by Gasteiger charge is -2.10. The smallest absolute Gasteiger partial charge is 0.122 e. The summed E-state index contributed by atoms with van der Waals surface area (Å²) in [5.41, 5.74) is 4.33. The van der Waals surface area contributed by atoms with Gasteiger partial charge < -0.3 is 9.84 Å². The lowest BCUT2D eigenvalue weighted by atomic mass is 10.1. The number of aliphatic hydroxyl groups excluding tert-OH is 1. The minimum atomic E-state index is -0.120. The summed E-state index contributed by atoms with van der Waals surface area (Å²) in [7, 11) is 0. The van der Waals surface area contributed by atoms with Crippen LogP contribution >= 0.6 is 0 Å². The van der Waals surface area contributed by atoms with Gasteiger partial charge in [0.05, 0.1) is 0 Å².